The summed E-state index contributed by atoms with van der Waals surface area (Å²) in [5.74, 6) is 0.562. The van der Waals surface area contributed by atoms with E-state index in [2.05, 4.69) is 4.98 Å². The Hall–Kier alpha value is -2.13. The minimum atomic E-state index is 0.150. The largest absolute Gasteiger partial charge is 0.293 e. The molecular weight excluding hydrogens is 290 g/mol. The highest BCUT2D eigenvalue weighted by atomic mass is 32.2. The quantitative estimate of drug-likeness (QED) is 0.511. The van der Waals surface area contributed by atoms with Crippen LogP contribution in [0.3, 0.4) is 0 Å². The zero-order valence-corrected chi connectivity index (χ0v) is 13.5. The number of carbonyl (C=O) groups excluding carboxylic acids is 1. The number of hydrogen-bond donors (Lipinski definition) is 0. The van der Waals surface area contributed by atoms with Crippen molar-refractivity contribution in [2.45, 2.75) is 18.9 Å². The van der Waals surface area contributed by atoms with Crippen molar-refractivity contribution in [2.24, 2.45) is 0 Å². The first-order valence-electron chi connectivity index (χ1n) is 7.22. The molecule has 1 heterocycles. The summed E-state index contributed by atoms with van der Waals surface area (Å²) in [6.45, 7) is 4.02. The highest BCUT2D eigenvalue weighted by molar-refractivity contribution is 7.99. The number of para-hydroxylation sites is 1. The van der Waals surface area contributed by atoms with Crippen molar-refractivity contribution in [1.29, 1.82) is 0 Å². The lowest BCUT2D eigenvalue weighted by Gasteiger charge is -2.06. The third kappa shape index (κ3) is 3.20. The average molecular weight is 307 g/mol. The zero-order chi connectivity index (χ0) is 15.5. The first-order chi connectivity index (χ1) is 10.6. The van der Waals surface area contributed by atoms with E-state index in [0.29, 0.717) is 5.75 Å². The number of nitrogens with zero attached hydrogens (tertiary/aromatic N) is 1. The average Bonchev–Trinajstić information content (AvgIpc) is 2.52. The van der Waals surface area contributed by atoms with Gasteiger partial charge in [0.15, 0.2) is 5.78 Å². The number of rotatable bonds is 4. The smallest absolute Gasteiger partial charge is 0.173 e. The molecule has 0 aliphatic rings. The number of Topliss-reactive ketones (excluding diaryl/α,β-unsaturated/α-hetero) is 1. The molecular formula is C19H17NOS. The van der Waals surface area contributed by atoms with Gasteiger partial charge in [0.2, 0.25) is 0 Å². The van der Waals surface area contributed by atoms with Gasteiger partial charge in [-0.15, -0.1) is 0 Å². The lowest BCUT2D eigenvalue weighted by Crippen LogP contribution is -2.05. The number of carbonyl (C=O) groups is 1. The van der Waals surface area contributed by atoms with Gasteiger partial charge in [-0.1, -0.05) is 59.8 Å². The van der Waals surface area contributed by atoms with Gasteiger partial charge in [-0.05, 0) is 31.5 Å². The van der Waals surface area contributed by atoms with Gasteiger partial charge in [0.1, 0.15) is 0 Å². The van der Waals surface area contributed by atoms with Gasteiger partial charge in [0, 0.05) is 10.9 Å². The van der Waals surface area contributed by atoms with E-state index in [4.69, 9.17) is 0 Å². The van der Waals surface area contributed by atoms with Gasteiger partial charge in [-0.2, -0.15) is 0 Å². The summed E-state index contributed by atoms with van der Waals surface area (Å²) in [4.78, 5) is 17.0. The first-order valence-corrected chi connectivity index (χ1v) is 8.21. The minimum Gasteiger partial charge on any atom is -0.293 e. The van der Waals surface area contributed by atoms with Gasteiger partial charge >= 0.3 is 0 Å². The Morgan fingerprint density at radius 1 is 1.05 bits per heavy atom. The van der Waals surface area contributed by atoms with Crippen LogP contribution in [0.2, 0.25) is 0 Å². The summed E-state index contributed by atoms with van der Waals surface area (Å²) in [5.41, 5.74) is 3.99. The molecule has 0 aliphatic heterocycles. The Morgan fingerprint density at radius 3 is 2.68 bits per heavy atom. The van der Waals surface area contributed by atoms with Gasteiger partial charge < -0.3 is 0 Å². The second-order valence-corrected chi connectivity index (χ2v) is 6.37. The second-order valence-electron chi connectivity index (χ2n) is 5.37. The summed E-state index contributed by atoms with van der Waals surface area (Å²) in [6, 6.07) is 18.0. The number of ketones is 1. The number of hydrogen-bond acceptors (Lipinski definition) is 3. The van der Waals surface area contributed by atoms with E-state index < -0.39 is 0 Å². The fourth-order valence-corrected chi connectivity index (χ4v) is 3.23. The topological polar surface area (TPSA) is 30.0 Å². The number of fused-ring (bicyclic) bond motifs is 1. The molecule has 3 rings (SSSR count). The first kappa shape index (κ1) is 14.8. The number of benzene rings is 2. The molecule has 0 amide bonds. The molecule has 0 spiro atoms. The molecule has 0 aliphatic carbocycles. The Balaban J connectivity index is 1.74. The standard InChI is InChI=1S/C19H17NOS/c1-13-7-9-16(14(2)11-13)18(21)12-22-19-10-8-15-5-3-4-6-17(15)20-19/h3-11H,12H2,1-2H3. The molecule has 2 nitrogen and oxygen atoms in total. The van der Waals surface area contributed by atoms with E-state index in [1.807, 2.05) is 68.4 Å². The molecule has 0 bridgehead atoms. The molecule has 0 saturated heterocycles. The normalized spacial score (nSPS) is 10.8. The van der Waals surface area contributed by atoms with Crippen molar-refractivity contribution < 1.29 is 4.79 Å². The summed E-state index contributed by atoms with van der Waals surface area (Å²) in [7, 11) is 0. The predicted octanol–water partition coefficient (Wildman–Crippen LogP) is 4.83. The highest BCUT2D eigenvalue weighted by Gasteiger charge is 2.10. The third-order valence-corrected chi connectivity index (χ3v) is 4.54. The molecule has 3 heteroatoms. The summed E-state index contributed by atoms with van der Waals surface area (Å²) in [6.07, 6.45) is 0. The second kappa shape index (κ2) is 6.32. The van der Waals surface area contributed by atoms with Crippen molar-refractivity contribution in [3.63, 3.8) is 0 Å². The summed E-state index contributed by atoms with van der Waals surface area (Å²) in [5, 5.41) is 2.00. The molecule has 110 valence electrons. The highest BCUT2D eigenvalue weighted by Crippen LogP contribution is 2.22. The molecule has 0 N–H and O–H groups in total. The fourth-order valence-electron chi connectivity index (χ4n) is 2.47. The van der Waals surface area contributed by atoms with Crippen molar-refractivity contribution in [1.82, 2.24) is 4.98 Å². The summed E-state index contributed by atoms with van der Waals surface area (Å²) < 4.78 is 0. The maximum absolute atomic E-state index is 12.4. The van der Waals surface area contributed by atoms with Crippen LogP contribution >= 0.6 is 11.8 Å². The van der Waals surface area contributed by atoms with E-state index in [1.54, 1.807) is 0 Å². The monoisotopic (exact) mass is 307 g/mol. The lowest BCUT2D eigenvalue weighted by atomic mass is 10.0. The molecule has 0 atom stereocenters. The molecule has 0 unspecified atom stereocenters. The van der Waals surface area contributed by atoms with E-state index in [9.17, 15) is 4.79 Å². The number of aromatic nitrogens is 1. The van der Waals surface area contributed by atoms with Crippen molar-refractivity contribution in [3.05, 3.63) is 71.3 Å². The van der Waals surface area contributed by atoms with Crippen LogP contribution in [0.25, 0.3) is 10.9 Å². The lowest BCUT2D eigenvalue weighted by molar-refractivity contribution is 0.102. The van der Waals surface area contributed by atoms with Gasteiger partial charge in [0.05, 0.1) is 16.3 Å². The Morgan fingerprint density at radius 2 is 1.86 bits per heavy atom. The maximum Gasteiger partial charge on any atom is 0.173 e. The molecule has 2 aromatic carbocycles. The van der Waals surface area contributed by atoms with E-state index in [0.717, 1.165) is 27.1 Å². The maximum atomic E-state index is 12.4. The SMILES string of the molecule is Cc1ccc(C(=O)CSc2ccc3ccccc3n2)c(C)c1. The predicted molar refractivity (Wildman–Crippen MR) is 92.7 cm³/mol. The van der Waals surface area contributed by atoms with Gasteiger partial charge in [-0.25, -0.2) is 4.98 Å². The summed E-state index contributed by atoms with van der Waals surface area (Å²) >= 11 is 1.49. The van der Waals surface area contributed by atoms with Crippen LogP contribution in [-0.2, 0) is 0 Å². The molecule has 0 saturated carbocycles. The van der Waals surface area contributed by atoms with E-state index in [1.165, 1.54) is 17.3 Å². The van der Waals surface area contributed by atoms with E-state index in [-0.39, 0.29) is 5.78 Å². The van der Waals surface area contributed by atoms with Crippen LogP contribution in [0, 0.1) is 13.8 Å². The Labute approximate surface area is 134 Å². The Bertz CT molecular complexity index is 842. The zero-order valence-electron chi connectivity index (χ0n) is 12.7. The van der Waals surface area contributed by atoms with Crippen LogP contribution in [0.4, 0.5) is 0 Å². The molecule has 0 radical (unpaired) electrons. The molecule has 22 heavy (non-hydrogen) atoms. The minimum absolute atomic E-state index is 0.150. The van der Waals surface area contributed by atoms with Gasteiger partial charge in [-0.3, -0.25) is 4.79 Å². The Kier molecular flexibility index (Phi) is 4.25. The van der Waals surface area contributed by atoms with Crippen LogP contribution < -0.4 is 0 Å². The van der Waals surface area contributed by atoms with Crippen LogP contribution in [-0.4, -0.2) is 16.5 Å². The number of aryl methyl sites for hydroxylation is 2. The number of pyridine rings is 1. The molecule has 3 aromatic rings. The molecule has 1 aromatic heterocycles. The van der Waals surface area contributed by atoms with Crippen molar-refractivity contribution in [3.8, 4) is 0 Å². The fraction of sp³-hybridized carbons (Fsp3) is 0.158. The van der Waals surface area contributed by atoms with Crippen molar-refractivity contribution >= 4 is 28.4 Å². The molecule has 0 fully saturated rings. The van der Waals surface area contributed by atoms with Crippen LogP contribution in [0.5, 0.6) is 0 Å². The van der Waals surface area contributed by atoms with Crippen LogP contribution in [0.1, 0.15) is 21.5 Å². The third-order valence-electron chi connectivity index (χ3n) is 3.61. The van der Waals surface area contributed by atoms with E-state index >= 15 is 0 Å². The van der Waals surface area contributed by atoms with Gasteiger partial charge in [0.25, 0.3) is 0 Å². The van der Waals surface area contributed by atoms with Crippen LogP contribution in [0.15, 0.2) is 59.6 Å². The number of thioether (sulfide) groups is 1. The van der Waals surface area contributed by atoms with Crippen molar-refractivity contribution in [2.75, 3.05) is 5.75 Å².